The molecule has 2 aromatic carbocycles. The van der Waals surface area contributed by atoms with Crippen LogP contribution in [-0.2, 0) is 20.9 Å². The number of anilines is 1. The average Bonchev–Trinajstić information content (AvgIpc) is 3.23. The summed E-state index contributed by atoms with van der Waals surface area (Å²) < 4.78 is 6.76. The first-order valence-electron chi connectivity index (χ1n) is 12.5. The van der Waals surface area contributed by atoms with Gasteiger partial charge in [0.2, 0.25) is 5.91 Å². The molecule has 0 aliphatic heterocycles. The van der Waals surface area contributed by atoms with Crippen LogP contribution < -0.4 is 4.90 Å². The normalized spacial score (nSPS) is 17.8. The van der Waals surface area contributed by atoms with Crippen molar-refractivity contribution >= 4 is 34.3 Å². The van der Waals surface area contributed by atoms with Gasteiger partial charge in [-0.15, -0.1) is 0 Å². The number of carbonyl (C=O) groups excluding carboxylic acids is 3. The van der Waals surface area contributed by atoms with Crippen LogP contribution in [0, 0.1) is 18.8 Å². The number of Topliss-reactive ketones (excluding diaryl/α,β-unsaturated/α-hetero) is 1. The summed E-state index contributed by atoms with van der Waals surface area (Å²) in [4.78, 5) is 40.5. The summed E-state index contributed by atoms with van der Waals surface area (Å²) in [6, 6.07) is 17.6. The van der Waals surface area contributed by atoms with E-state index in [9.17, 15) is 14.4 Å². The maximum absolute atomic E-state index is 13.5. The van der Waals surface area contributed by atoms with Gasteiger partial charge in [0.1, 0.15) is 6.54 Å². The first-order chi connectivity index (χ1) is 16.9. The molecule has 184 valence electrons. The van der Waals surface area contributed by atoms with Gasteiger partial charge in [-0.1, -0.05) is 30.3 Å². The minimum Gasteiger partial charge on any atom is -0.469 e. The minimum absolute atomic E-state index is 0.0490. The van der Waals surface area contributed by atoms with Crippen molar-refractivity contribution in [2.45, 2.75) is 52.5 Å². The number of methoxy groups -OCH3 is 1. The van der Waals surface area contributed by atoms with Crippen molar-refractivity contribution in [3.05, 3.63) is 65.9 Å². The van der Waals surface area contributed by atoms with Crippen molar-refractivity contribution in [1.82, 2.24) is 4.57 Å². The fraction of sp³-hybridized carbons (Fsp3) is 0.414. The minimum atomic E-state index is -0.150. The molecule has 0 radical (unpaired) electrons. The van der Waals surface area contributed by atoms with E-state index in [1.54, 1.807) is 4.90 Å². The van der Waals surface area contributed by atoms with Gasteiger partial charge in [0.05, 0.1) is 18.7 Å². The van der Waals surface area contributed by atoms with Crippen LogP contribution in [0.3, 0.4) is 0 Å². The highest BCUT2D eigenvalue weighted by Crippen LogP contribution is 2.33. The van der Waals surface area contributed by atoms with E-state index in [1.165, 1.54) is 7.11 Å². The van der Waals surface area contributed by atoms with Crippen LogP contribution in [0.15, 0.2) is 54.6 Å². The topological polar surface area (TPSA) is 68.6 Å². The highest BCUT2D eigenvalue weighted by molar-refractivity contribution is 6.02. The number of para-hydroxylation sites is 1. The van der Waals surface area contributed by atoms with Crippen molar-refractivity contribution in [2.24, 2.45) is 11.8 Å². The average molecular weight is 475 g/mol. The zero-order valence-corrected chi connectivity index (χ0v) is 20.8. The predicted molar refractivity (Wildman–Crippen MR) is 138 cm³/mol. The molecule has 35 heavy (non-hydrogen) atoms. The molecule has 4 rings (SSSR count). The van der Waals surface area contributed by atoms with Crippen molar-refractivity contribution in [1.29, 1.82) is 0 Å². The molecule has 1 heterocycles. The molecule has 1 fully saturated rings. The maximum Gasteiger partial charge on any atom is 0.308 e. The van der Waals surface area contributed by atoms with E-state index < -0.39 is 0 Å². The Kier molecular flexibility index (Phi) is 7.69. The number of aryl methyl sites for hydroxylation is 1. The molecule has 6 heteroatoms. The summed E-state index contributed by atoms with van der Waals surface area (Å²) in [7, 11) is 1.43. The SMILES string of the molecule is CCN(C(=O)Cn1c(C(=O)CC2CCC(C(=O)OC)CC2)cc2ccccc21)c1cccc(C)c1. The van der Waals surface area contributed by atoms with Crippen LogP contribution in [0.5, 0.6) is 0 Å². The standard InChI is InChI=1S/C29H34N2O4/c1-4-30(24-10-7-8-20(2)16-24)28(33)19-31-25-11-6-5-9-23(25)18-26(31)27(32)17-21-12-14-22(15-13-21)29(34)35-3/h5-11,16,18,21-22H,4,12-15,17,19H2,1-3H3. The molecule has 6 nitrogen and oxygen atoms in total. The van der Waals surface area contributed by atoms with E-state index in [1.807, 2.05) is 73.0 Å². The van der Waals surface area contributed by atoms with Gasteiger partial charge in [0.25, 0.3) is 0 Å². The molecule has 1 amide bonds. The first-order valence-corrected chi connectivity index (χ1v) is 12.5. The number of hydrogen-bond acceptors (Lipinski definition) is 4. The van der Waals surface area contributed by atoms with E-state index in [0.717, 1.165) is 47.8 Å². The van der Waals surface area contributed by atoms with Crippen LogP contribution >= 0.6 is 0 Å². The van der Waals surface area contributed by atoms with Crippen molar-refractivity contribution in [3.63, 3.8) is 0 Å². The highest BCUT2D eigenvalue weighted by Gasteiger charge is 2.29. The Hall–Kier alpha value is -3.41. The van der Waals surface area contributed by atoms with Crippen molar-refractivity contribution in [3.8, 4) is 0 Å². The quantitative estimate of drug-likeness (QED) is 0.317. The van der Waals surface area contributed by atoms with E-state index >= 15 is 0 Å². The molecule has 1 aliphatic carbocycles. The number of hydrogen-bond donors (Lipinski definition) is 0. The number of fused-ring (bicyclic) bond motifs is 1. The Morgan fingerprint density at radius 2 is 1.74 bits per heavy atom. The lowest BCUT2D eigenvalue weighted by Crippen LogP contribution is -2.34. The van der Waals surface area contributed by atoms with Gasteiger partial charge < -0.3 is 14.2 Å². The van der Waals surface area contributed by atoms with E-state index in [4.69, 9.17) is 4.74 Å². The van der Waals surface area contributed by atoms with Crippen LogP contribution in [0.25, 0.3) is 10.9 Å². The molecular formula is C29H34N2O4. The van der Waals surface area contributed by atoms with Crippen molar-refractivity contribution < 1.29 is 19.1 Å². The van der Waals surface area contributed by atoms with Crippen LogP contribution in [0.2, 0.25) is 0 Å². The Morgan fingerprint density at radius 1 is 1.00 bits per heavy atom. The summed E-state index contributed by atoms with van der Waals surface area (Å²) >= 11 is 0. The predicted octanol–water partition coefficient (Wildman–Crippen LogP) is 5.56. The molecule has 1 aromatic heterocycles. The summed E-state index contributed by atoms with van der Waals surface area (Å²) in [6.45, 7) is 4.63. The summed E-state index contributed by atoms with van der Waals surface area (Å²) in [6.07, 6.45) is 3.61. The lowest BCUT2D eigenvalue weighted by Gasteiger charge is -2.26. The largest absolute Gasteiger partial charge is 0.469 e. The Bertz CT molecular complexity index is 1220. The summed E-state index contributed by atoms with van der Waals surface area (Å²) in [5.74, 6) is 0.0331. The second-order valence-corrected chi connectivity index (χ2v) is 9.52. The number of benzene rings is 2. The number of ether oxygens (including phenoxy) is 1. The summed E-state index contributed by atoms with van der Waals surface area (Å²) in [5, 5.41) is 0.955. The molecule has 0 unspecified atom stereocenters. The highest BCUT2D eigenvalue weighted by atomic mass is 16.5. The van der Waals surface area contributed by atoms with Gasteiger partial charge in [0, 0.05) is 29.6 Å². The smallest absolute Gasteiger partial charge is 0.308 e. The second kappa shape index (κ2) is 10.9. The molecule has 0 bridgehead atoms. The van der Waals surface area contributed by atoms with Crippen LogP contribution in [0.4, 0.5) is 5.69 Å². The lowest BCUT2D eigenvalue weighted by atomic mass is 9.79. The maximum atomic E-state index is 13.5. The second-order valence-electron chi connectivity index (χ2n) is 9.52. The number of likely N-dealkylation sites (N-methyl/N-ethyl adjacent to an activating group) is 1. The molecule has 0 atom stereocenters. The Labute approximate surface area is 206 Å². The number of nitrogens with zero attached hydrogens (tertiary/aromatic N) is 2. The summed E-state index contributed by atoms with van der Waals surface area (Å²) in [5.41, 5.74) is 3.43. The molecule has 1 aliphatic rings. The monoisotopic (exact) mass is 474 g/mol. The number of amides is 1. The fourth-order valence-corrected chi connectivity index (χ4v) is 5.27. The van der Waals surface area contributed by atoms with Gasteiger partial charge >= 0.3 is 5.97 Å². The van der Waals surface area contributed by atoms with Crippen LogP contribution in [0.1, 0.15) is 55.1 Å². The van der Waals surface area contributed by atoms with Gasteiger partial charge in [-0.2, -0.15) is 0 Å². The molecule has 3 aromatic rings. The zero-order valence-electron chi connectivity index (χ0n) is 20.8. The third-order valence-electron chi connectivity index (χ3n) is 7.18. The van der Waals surface area contributed by atoms with Gasteiger partial charge in [-0.3, -0.25) is 14.4 Å². The molecule has 0 spiro atoms. The first kappa shape index (κ1) is 24.7. The molecule has 0 N–H and O–H groups in total. The van der Waals surface area contributed by atoms with Gasteiger partial charge in [-0.25, -0.2) is 0 Å². The fourth-order valence-electron chi connectivity index (χ4n) is 5.27. The number of carbonyl (C=O) groups is 3. The Balaban J connectivity index is 1.55. The number of ketones is 1. The third kappa shape index (κ3) is 5.47. The van der Waals surface area contributed by atoms with E-state index in [0.29, 0.717) is 18.7 Å². The molecule has 1 saturated carbocycles. The Morgan fingerprint density at radius 3 is 2.43 bits per heavy atom. The van der Waals surface area contributed by atoms with E-state index in [-0.39, 0.29) is 36.0 Å². The van der Waals surface area contributed by atoms with Crippen LogP contribution in [-0.4, -0.2) is 35.9 Å². The lowest BCUT2D eigenvalue weighted by molar-refractivity contribution is -0.146. The van der Waals surface area contributed by atoms with Gasteiger partial charge in [-0.05, 0) is 75.3 Å². The molecular weight excluding hydrogens is 440 g/mol. The third-order valence-corrected chi connectivity index (χ3v) is 7.18. The van der Waals surface area contributed by atoms with E-state index in [2.05, 4.69) is 0 Å². The number of esters is 1. The van der Waals surface area contributed by atoms with Crippen molar-refractivity contribution in [2.75, 3.05) is 18.6 Å². The van der Waals surface area contributed by atoms with Gasteiger partial charge in [0.15, 0.2) is 5.78 Å². The number of aromatic nitrogens is 1. The number of rotatable bonds is 8. The zero-order chi connectivity index (χ0) is 24.9. The molecule has 0 saturated heterocycles.